The standard InChI is InChI=1S/C27H38N6O4S/c1-16(24(35)30-8-9-33-10-12-37-13-11-33)18-4-5-27(3)14-20-22(17(2)21(27)23(18)34)31-26(38-20)32-25(36)19-15-28-6-7-29-19/h6-7,15-18,21,23,34H,4-5,8-14H2,1-3H3,(H,30,35)(H,31,32,36)/p+1/t16-,17-,18-,21+,23-,27+/m0/s1. The SMILES string of the molecule is C[C@H](C(=O)NCC[NH+]1CCOCC1)[C@@H]1CC[C@]2(C)Cc3sc(NC(=O)c4cnccn4)nc3[C@@H](C)[C@@H]2[C@H]1O. The van der Waals surface area contributed by atoms with E-state index in [1.807, 2.05) is 6.92 Å². The molecule has 2 aromatic rings. The highest BCUT2D eigenvalue weighted by Gasteiger charge is 2.53. The van der Waals surface area contributed by atoms with Crippen LogP contribution in [-0.4, -0.2) is 77.4 Å². The average molecular weight is 544 g/mol. The third kappa shape index (κ3) is 5.47. The van der Waals surface area contributed by atoms with Gasteiger partial charge in [0.25, 0.3) is 5.91 Å². The van der Waals surface area contributed by atoms with Crippen molar-refractivity contribution in [2.75, 3.05) is 44.7 Å². The molecule has 2 aliphatic carbocycles. The Morgan fingerprint density at radius 3 is 2.84 bits per heavy atom. The number of hydrogen-bond acceptors (Lipinski definition) is 8. The first-order valence-corrected chi connectivity index (χ1v) is 14.5. The van der Waals surface area contributed by atoms with Crippen molar-refractivity contribution in [3.8, 4) is 0 Å². The van der Waals surface area contributed by atoms with Crippen LogP contribution in [-0.2, 0) is 16.0 Å². The lowest BCUT2D eigenvalue weighted by atomic mass is 9.53. The molecule has 1 saturated heterocycles. The van der Waals surface area contributed by atoms with Gasteiger partial charge in [0.05, 0.1) is 44.3 Å². The maximum Gasteiger partial charge on any atom is 0.277 e. The molecular formula is C27H39N6O4S+. The highest BCUT2D eigenvalue weighted by atomic mass is 32.1. The van der Waals surface area contributed by atoms with E-state index in [2.05, 4.69) is 34.4 Å². The Balaban J connectivity index is 1.24. The Morgan fingerprint density at radius 1 is 1.32 bits per heavy atom. The lowest BCUT2D eigenvalue weighted by molar-refractivity contribution is -0.906. The number of nitrogens with one attached hydrogen (secondary N) is 3. The summed E-state index contributed by atoms with van der Waals surface area (Å²) < 4.78 is 5.41. The van der Waals surface area contributed by atoms with Crippen molar-refractivity contribution in [2.45, 2.75) is 52.1 Å². The molecule has 3 aliphatic rings. The lowest BCUT2D eigenvalue weighted by Crippen LogP contribution is -3.14. The molecule has 4 N–H and O–H groups in total. The summed E-state index contributed by atoms with van der Waals surface area (Å²) >= 11 is 1.50. The van der Waals surface area contributed by atoms with Crippen molar-refractivity contribution in [1.82, 2.24) is 20.3 Å². The van der Waals surface area contributed by atoms with Gasteiger partial charge in [0, 0.05) is 29.1 Å². The fraction of sp³-hybridized carbons (Fsp3) is 0.667. The molecule has 38 heavy (non-hydrogen) atoms. The fourth-order valence-electron chi connectivity index (χ4n) is 6.81. The Kier molecular flexibility index (Phi) is 8.08. The van der Waals surface area contributed by atoms with Crippen LogP contribution >= 0.6 is 11.3 Å². The highest BCUT2D eigenvalue weighted by molar-refractivity contribution is 7.15. The molecule has 206 valence electrons. The predicted molar refractivity (Wildman–Crippen MR) is 143 cm³/mol. The van der Waals surface area contributed by atoms with Gasteiger partial charge in [-0.05, 0) is 36.5 Å². The van der Waals surface area contributed by atoms with Crippen molar-refractivity contribution >= 4 is 28.3 Å². The highest BCUT2D eigenvalue weighted by Crippen LogP contribution is 2.57. The number of amides is 2. The van der Waals surface area contributed by atoms with Crippen molar-refractivity contribution < 1.29 is 24.3 Å². The second kappa shape index (κ2) is 11.3. The molecule has 0 radical (unpaired) electrons. The lowest BCUT2D eigenvalue weighted by Gasteiger charge is -2.53. The normalized spacial score (nSPS) is 30.1. The third-order valence-electron chi connectivity index (χ3n) is 8.97. The zero-order chi connectivity index (χ0) is 26.9. The van der Waals surface area contributed by atoms with Crippen LogP contribution in [0.5, 0.6) is 0 Å². The summed E-state index contributed by atoms with van der Waals surface area (Å²) in [4.78, 5) is 41.1. The van der Waals surface area contributed by atoms with Crippen molar-refractivity contribution in [1.29, 1.82) is 0 Å². The molecule has 3 heterocycles. The van der Waals surface area contributed by atoms with E-state index in [4.69, 9.17) is 9.72 Å². The number of morpholine rings is 1. The van der Waals surface area contributed by atoms with Gasteiger partial charge < -0.3 is 20.1 Å². The van der Waals surface area contributed by atoms with E-state index in [-0.39, 0.29) is 46.6 Å². The maximum atomic E-state index is 13.1. The minimum Gasteiger partial charge on any atom is -0.392 e. The molecule has 1 aliphatic heterocycles. The summed E-state index contributed by atoms with van der Waals surface area (Å²) in [6.45, 7) is 11.4. The quantitative estimate of drug-likeness (QED) is 0.408. The van der Waals surface area contributed by atoms with Gasteiger partial charge in [-0.15, -0.1) is 11.3 Å². The van der Waals surface area contributed by atoms with Crippen LogP contribution in [0.3, 0.4) is 0 Å². The number of aliphatic hydroxyl groups excluding tert-OH is 1. The average Bonchev–Trinajstić information content (AvgIpc) is 3.31. The molecule has 0 spiro atoms. The van der Waals surface area contributed by atoms with Gasteiger partial charge in [-0.3, -0.25) is 19.9 Å². The molecule has 11 heteroatoms. The predicted octanol–water partition coefficient (Wildman–Crippen LogP) is 0.906. The van der Waals surface area contributed by atoms with Crippen molar-refractivity contribution in [2.24, 2.45) is 23.2 Å². The van der Waals surface area contributed by atoms with Crippen molar-refractivity contribution in [3.05, 3.63) is 34.9 Å². The second-order valence-electron chi connectivity index (χ2n) is 11.4. The van der Waals surface area contributed by atoms with Gasteiger partial charge in [-0.1, -0.05) is 20.8 Å². The minimum atomic E-state index is -0.596. The van der Waals surface area contributed by atoms with E-state index < -0.39 is 6.10 Å². The Labute approximate surface area is 227 Å². The Hall–Kier alpha value is -2.47. The summed E-state index contributed by atoms with van der Waals surface area (Å²) in [5.74, 6) is -0.664. The molecule has 0 aromatic carbocycles. The van der Waals surface area contributed by atoms with Crippen LogP contribution in [0.4, 0.5) is 5.13 Å². The van der Waals surface area contributed by atoms with Gasteiger partial charge in [-0.2, -0.15) is 0 Å². The first-order chi connectivity index (χ1) is 18.3. The molecule has 5 rings (SSSR count). The number of quaternary nitrogens is 1. The number of ether oxygens (including phenoxy) is 1. The van der Waals surface area contributed by atoms with E-state index in [0.717, 1.165) is 62.7 Å². The topological polar surface area (TPSA) is 131 Å². The number of fused-ring (bicyclic) bond motifs is 2. The number of thiazole rings is 1. The van der Waals surface area contributed by atoms with Crippen molar-refractivity contribution in [3.63, 3.8) is 0 Å². The molecule has 0 unspecified atom stereocenters. The van der Waals surface area contributed by atoms with E-state index in [9.17, 15) is 14.7 Å². The molecule has 2 fully saturated rings. The maximum absolute atomic E-state index is 13.1. The van der Waals surface area contributed by atoms with Crippen LogP contribution in [0.2, 0.25) is 0 Å². The van der Waals surface area contributed by atoms with Crippen LogP contribution in [0.1, 0.15) is 60.6 Å². The number of nitrogens with zero attached hydrogens (tertiary/aromatic N) is 3. The Bertz CT molecular complexity index is 1140. The first-order valence-electron chi connectivity index (χ1n) is 13.7. The van der Waals surface area contributed by atoms with Crippen LogP contribution < -0.4 is 15.5 Å². The van der Waals surface area contributed by atoms with Crippen LogP contribution in [0, 0.1) is 23.2 Å². The number of carbonyl (C=O) groups excluding carboxylic acids is 2. The monoisotopic (exact) mass is 543 g/mol. The summed E-state index contributed by atoms with van der Waals surface area (Å²) in [6.07, 6.45) is 6.41. The number of aliphatic hydroxyl groups is 1. The zero-order valence-electron chi connectivity index (χ0n) is 22.4. The van der Waals surface area contributed by atoms with Gasteiger partial charge >= 0.3 is 0 Å². The second-order valence-corrected chi connectivity index (χ2v) is 12.5. The molecule has 2 amide bonds. The van der Waals surface area contributed by atoms with Gasteiger partial charge in [0.15, 0.2) is 5.13 Å². The number of aromatic nitrogens is 3. The van der Waals surface area contributed by atoms with Gasteiger partial charge in [0.1, 0.15) is 18.8 Å². The first kappa shape index (κ1) is 27.1. The van der Waals surface area contributed by atoms with E-state index >= 15 is 0 Å². The number of hydrogen-bond donors (Lipinski definition) is 4. The molecular weight excluding hydrogens is 504 g/mol. The van der Waals surface area contributed by atoms with Gasteiger partial charge in [0.2, 0.25) is 5.91 Å². The van der Waals surface area contributed by atoms with E-state index in [0.29, 0.717) is 11.7 Å². The van der Waals surface area contributed by atoms with Gasteiger partial charge in [-0.25, -0.2) is 9.97 Å². The van der Waals surface area contributed by atoms with Crippen LogP contribution in [0.15, 0.2) is 18.6 Å². The smallest absolute Gasteiger partial charge is 0.277 e. The fourth-order valence-corrected chi connectivity index (χ4v) is 8.06. The third-order valence-corrected chi connectivity index (χ3v) is 9.96. The Morgan fingerprint density at radius 2 is 2.11 bits per heavy atom. The summed E-state index contributed by atoms with van der Waals surface area (Å²) in [7, 11) is 0. The number of anilines is 1. The summed E-state index contributed by atoms with van der Waals surface area (Å²) in [5, 5.41) is 18.2. The minimum absolute atomic E-state index is 0.00700. The van der Waals surface area contributed by atoms with Crippen LogP contribution in [0.25, 0.3) is 0 Å². The zero-order valence-corrected chi connectivity index (χ0v) is 23.2. The molecule has 1 saturated carbocycles. The summed E-state index contributed by atoms with van der Waals surface area (Å²) in [5.41, 5.74) is 1.10. The number of carbonyl (C=O) groups is 2. The molecule has 10 nitrogen and oxygen atoms in total. The van der Waals surface area contributed by atoms with E-state index in [1.165, 1.54) is 34.8 Å². The molecule has 0 bridgehead atoms. The largest absolute Gasteiger partial charge is 0.392 e. The summed E-state index contributed by atoms with van der Waals surface area (Å²) in [6, 6.07) is 0. The number of rotatable bonds is 7. The van der Waals surface area contributed by atoms with E-state index in [1.54, 1.807) is 0 Å². The molecule has 6 atom stereocenters. The molecule has 2 aromatic heterocycles.